The molecule has 1 atom stereocenters. The van der Waals surface area contributed by atoms with Gasteiger partial charge in [-0.1, -0.05) is 0 Å². The van der Waals surface area contributed by atoms with Crippen molar-refractivity contribution in [2.45, 2.75) is 32.3 Å². The highest BCUT2D eigenvalue weighted by Gasteiger charge is 2.31. The van der Waals surface area contributed by atoms with Crippen LogP contribution in [0.2, 0.25) is 0 Å². The molecule has 1 fully saturated rings. The highest BCUT2D eigenvalue weighted by Crippen LogP contribution is 2.20. The van der Waals surface area contributed by atoms with Crippen LogP contribution in [0.25, 0.3) is 0 Å². The second-order valence-electron chi connectivity index (χ2n) is 4.35. The summed E-state index contributed by atoms with van der Waals surface area (Å²) in [6, 6.07) is 0. The molecule has 1 N–H and O–H groups in total. The van der Waals surface area contributed by atoms with Gasteiger partial charge in [0, 0.05) is 32.5 Å². The summed E-state index contributed by atoms with van der Waals surface area (Å²) in [5.74, 6) is -0.544. The van der Waals surface area contributed by atoms with Gasteiger partial charge in [-0.05, 0) is 13.3 Å². The van der Waals surface area contributed by atoms with Gasteiger partial charge >= 0.3 is 5.97 Å². The number of likely N-dealkylation sites (tertiary alicyclic amines) is 1. The maximum absolute atomic E-state index is 11.6. The predicted octanol–water partition coefficient (Wildman–Crippen LogP) is 0.735. The number of ether oxygens (including phenoxy) is 1. The lowest BCUT2D eigenvalue weighted by molar-refractivity contribution is -0.145. The van der Waals surface area contributed by atoms with E-state index in [1.165, 1.54) is 0 Å². The Balaban J connectivity index is 2.14. The lowest BCUT2D eigenvalue weighted by Crippen LogP contribution is -2.50. The number of carboxylic acid groups (broad SMARTS) is 1. The van der Waals surface area contributed by atoms with Gasteiger partial charge in [0.05, 0.1) is 12.5 Å². The first-order valence-corrected chi connectivity index (χ1v) is 5.55. The Hall–Kier alpha value is -1.10. The third-order valence-corrected chi connectivity index (χ3v) is 2.94. The quantitative estimate of drug-likeness (QED) is 0.729. The van der Waals surface area contributed by atoms with E-state index in [0.717, 1.165) is 6.42 Å². The van der Waals surface area contributed by atoms with E-state index in [9.17, 15) is 9.59 Å². The van der Waals surface area contributed by atoms with Crippen LogP contribution < -0.4 is 0 Å². The SMILES string of the molecule is COC(C)CCC(=O)N1CC(CC(=O)O)C1. The summed E-state index contributed by atoms with van der Waals surface area (Å²) in [4.78, 5) is 23.7. The van der Waals surface area contributed by atoms with Gasteiger partial charge < -0.3 is 14.7 Å². The zero-order valence-electron chi connectivity index (χ0n) is 9.81. The van der Waals surface area contributed by atoms with E-state index in [2.05, 4.69) is 0 Å². The Kier molecular flexibility index (Phi) is 4.73. The van der Waals surface area contributed by atoms with Gasteiger partial charge in [0.2, 0.25) is 5.91 Å². The minimum Gasteiger partial charge on any atom is -0.481 e. The van der Waals surface area contributed by atoms with Crippen molar-refractivity contribution >= 4 is 11.9 Å². The van der Waals surface area contributed by atoms with Crippen molar-refractivity contribution in [2.24, 2.45) is 5.92 Å². The molecule has 0 radical (unpaired) electrons. The van der Waals surface area contributed by atoms with Crippen LogP contribution >= 0.6 is 0 Å². The molecule has 0 spiro atoms. The molecule has 0 aromatic carbocycles. The third kappa shape index (κ3) is 3.81. The summed E-state index contributed by atoms with van der Waals surface area (Å²) in [6.07, 6.45) is 1.46. The second-order valence-corrected chi connectivity index (χ2v) is 4.35. The lowest BCUT2D eigenvalue weighted by atomic mass is 9.96. The zero-order valence-corrected chi connectivity index (χ0v) is 9.81. The average molecular weight is 229 g/mol. The van der Waals surface area contributed by atoms with E-state index in [1.807, 2.05) is 6.92 Å². The summed E-state index contributed by atoms with van der Waals surface area (Å²) in [5.41, 5.74) is 0. The first-order chi connectivity index (χ1) is 7.52. The van der Waals surface area contributed by atoms with Gasteiger partial charge in [0.25, 0.3) is 0 Å². The number of aliphatic carboxylic acids is 1. The van der Waals surface area contributed by atoms with Crippen LogP contribution in [0.15, 0.2) is 0 Å². The molecule has 5 nitrogen and oxygen atoms in total. The van der Waals surface area contributed by atoms with Crippen molar-refractivity contribution in [1.29, 1.82) is 0 Å². The molecule has 0 aliphatic carbocycles. The molecule has 1 saturated heterocycles. The standard InChI is InChI=1S/C11H19NO4/c1-8(16-2)3-4-10(13)12-6-9(7-12)5-11(14)15/h8-9H,3-7H2,1-2H3,(H,14,15). The highest BCUT2D eigenvalue weighted by atomic mass is 16.5. The number of nitrogens with zero attached hydrogens (tertiary/aromatic N) is 1. The summed E-state index contributed by atoms with van der Waals surface area (Å²) in [6.45, 7) is 3.11. The number of carbonyl (C=O) groups excluding carboxylic acids is 1. The van der Waals surface area contributed by atoms with Crippen LogP contribution in [0.5, 0.6) is 0 Å². The van der Waals surface area contributed by atoms with Crippen LogP contribution in [0.4, 0.5) is 0 Å². The summed E-state index contributed by atoms with van der Waals surface area (Å²) in [5, 5.41) is 8.56. The topological polar surface area (TPSA) is 66.8 Å². The fraction of sp³-hybridized carbons (Fsp3) is 0.818. The minimum atomic E-state index is -0.787. The van der Waals surface area contributed by atoms with Crippen molar-refractivity contribution in [1.82, 2.24) is 4.90 Å². The molecule has 5 heteroatoms. The van der Waals surface area contributed by atoms with E-state index in [0.29, 0.717) is 19.5 Å². The summed E-state index contributed by atoms with van der Waals surface area (Å²) in [7, 11) is 1.63. The van der Waals surface area contributed by atoms with Crippen molar-refractivity contribution in [3.05, 3.63) is 0 Å². The Labute approximate surface area is 95.4 Å². The number of hydrogen-bond donors (Lipinski definition) is 1. The number of methoxy groups -OCH3 is 1. The van der Waals surface area contributed by atoms with E-state index < -0.39 is 5.97 Å². The van der Waals surface area contributed by atoms with E-state index in [1.54, 1.807) is 12.0 Å². The molecule has 1 unspecified atom stereocenters. The number of rotatable bonds is 6. The maximum Gasteiger partial charge on any atom is 0.303 e. The van der Waals surface area contributed by atoms with E-state index in [-0.39, 0.29) is 24.3 Å². The normalized spacial score (nSPS) is 18.0. The minimum absolute atomic E-state index is 0.0973. The number of carboxylic acids is 1. The number of carbonyl (C=O) groups is 2. The molecule has 0 aromatic heterocycles. The van der Waals surface area contributed by atoms with Gasteiger partial charge in [-0.25, -0.2) is 0 Å². The van der Waals surface area contributed by atoms with Crippen LogP contribution in [0.3, 0.4) is 0 Å². The molecular weight excluding hydrogens is 210 g/mol. The smallest absolute Gasteiger partial charge is 0.303 e. The van der Waals surface area contributed by atoms with Crippen LogP contribution in [0, 0.1) is 5.92 Å². The van der Waals surface area contributed by atoms with Gasteiger partial charge in [0.15, 0.2) is 0 Å². The third-order valence-electron chi connectivity index (χ3n) is 2.94. The van der Waals surface area contributed by atoms with E-state index in [4.69, 9.17) is 9.84 Å². The molecule has 1 aliphatic rings. The van der Waals surface area contributed by atoms with Crippen molar-refractivity contribution in [3.63, 3.8) is 0 Å². The molecule has 16 heavy (non-hydrogen) atoms. The van der Waals surface area contributed by atoms with Gasteiger partial charge in [-0.2, -0.15) is 0 Å². The number of hydrogen-bond acceptors (Lipinski definition) is 3. The maximum atomic E-state index is 11.6. The molecule has 1 aliphatic heterocycles. The molecule has 1 amide bonds. The lowest BCUT2D eigenvalue weighted by Gasteiger charge is -2.38. The molecular formula is C11H19NO4. The second kappa shape index (κ2) is 5.84. The van der Waals surface area contributed by atoms with Gasteiger partial charge in [-0.15, -0.1) is 0 Å². The largest absolute Gasteiger partial charge is 0.481 e. The fourth-order valence-corrected chi connectivity index (χ4v) is 1.75. The highest BCUT2D eigenvalue weighted by molar-refractivity contribution is 5.77. The van der Waals surface area contributed by atoms with Crippen LogP contribution in [0.1, 0.15) is 26.2 Å². The van der Waals surface area contributed by atoms with Gasteiger partial charge in [-0.3, -0.25) is 9.59 Å². The first kappa shape index (κ1) is 13.0. The Morgan fingerprint density at radius 1 is 1.50 bits per heavy atom. The Morgan fingerprint density at radius 3 is 2.62 bits per heavy atom. The Bertz CT molecular complexity index is 261. The molecule has 1 rings (SSSR count). The predicted molar refractivity (Wildman–Crippen MR) is 58.0 cm³/mol. The zero-order chi connectivity index (χ0) is 12.1. The van der Waals surface area contributed by atoms with Crippen LogP contribution in [-0.4, -0.2) is 48.2 Å². The monoisotopic (exact) mass is 229 g/mol. The molecule has 92 valence electrons. The first-order valence-electron chi connectivity index (χ1n) is 5.55. The molecule has 0 bridgehead atoms. The summed E-state index contributed by atoms with van der Waals surface area (Å²) < 4.78 is 5.06. The van der Waals surface area contributed by atoms with E-state index >= 15 is 0 Å². The van der Waals surface area contributed by atoms with Crippen molar-refractivity contribution < 1.29 is 19.4 Å². The molecule has 0 aromatic rings. The van der Waals surface area contributed by atoms with Crippen molar-refractivity contribution in [3.8, 4) is 0 Å². The van der Waals surface area contributed by atoms with Crippen LogP contribution in [-0.2, 0) is 14.3 Å². The van der Waals surface area contributed by atoms with Gasteiger partial charge in [0.1, 0.15) is 0 Å². The average Bonchev–Trinajstić information content (AvgIpc) is 2.18. The number of amides is 1. The summed E-state index contributed by atoms with van der Waals surface area (Å²) >= 11 is 0. The molecule has 0 saturated carbocycles. The Morgan fingerprint density at radius 2 is 2.12 bits per heavy atom. The fourth-order valence-electron chi connectivity index (χ4n) is 1.75. The molecule has 1 heterocycles. The van der Waals surface area contributed by atoms with Crippen molar-refractivity contribution in [2.75, 3.05) is 20.2 Å².